The summed E-state index contributed by atoms with van der Waals surface area (Å²) >= 11 is 0. The molecule has 1 unspecified atom stereocenters. The number of hydrogen-bond acceptors (Lipinski definition) is 4. The highest BCUT2D eigenvalue weighted by Gasteiger charge is 2.22. The van der Waals surface area contributed by atoms with Gasteiger partial charge in [0.2, 0.25) is 0 Å². The molecule has 4 heteroatoms. The van der Waals surface area contributed by atoms with Crippen LogP contribution in [-0.4, -0.2) is 62.3 Å². The molecular formula is C23H30N2O2. The van der Waals surface area contributed by atoms with Crippen molar-refractivity contribution < 1.29 is 9.47 Å². The number of benzene rings is 2. The fraction of sp³-hybridized carbons (Fsp3) is 0.478. The Labute approximate surface area is 162 Å². The third kappa shape index (κ3) is 5.39. The predicted molar refractivity (Wildman–Crippen MR) is 108 cm³/mol. The molecule has 0 N–H and O–H groups in total. The van der Waals surface area contributed by atoms with Crippen LogP contribution in [-0.2, 0) is 22.4 Å². The maximum atomic E-state index is 6.06. The van der Waals surface area contributed by atoms with Crippen LogP contribution in [0.1, 0.15) is 22.8 Å². The van der Waals surface area contributed by atoms with Crippen molar-refractivity contribution in [2.75, 3.05) is 52.5 Å². The van der Waals surface area contributed by atoms with Crippen LogP contribution in [0.25, 0.3) is 0 Å². The minimum Gasteiger partial charge on any atom is -0.379 e. The number of nitrogens with zero attached hydrogens (tertiary/aromatic N) is 2. The van der Waals surface area contributed by atoms with Gasteiger partial charge < -0.3 is 9.47 Å². The van der Waals surface area contributed by atoms with Crippen molar-refractivity contribution in [1.29, 1.82) is 0 Å². The molecule has 0 aliphatic carbocycles. The van der Waals surface area contributed by atoms with E-state index in [1.807, 2.05) is 0 Å². The second-order valence-electron chi connectivity index (χ2n) is 7.53. The Morgan fingerprint density at radius 2 is 1.52 bits per heavy atom. The summed E-state index contributed by atoms with van der Waals surface area (Å²) in [6.07, 6.45) is 1.28. The minimum absolute atomic E-state index is 0.177. The van der Waals surface area contributed by atoms with E-state index in [1.54, 1.807) is 0 Å². The maximum Gasteiger partial charge on any atom is 0.0952 e. The Morgan fingerprint density at radius 1 is 0.778 bits per heavy atom. The van der Waals surface area contributed by atoms with Crippen LogP contribution in [0.4, 0.5) is 0 Å². The van der Waals surface area contributed by atoms with E-state index in [-0.39, 0.29) is 6.10 Å². The van der Waals surface area contributed by atoms with Gasteiger partial charge in [-0.15, -0.1) is 0 Å². The van der Waals surface area contributed by atoms with Gasteiger partial charge in [-0.3, -0.25) is 9.80 Å². The van der Waals surface area contributed by atoms with E-state index in [0.29, 0.717) is 0 Å². The van der Waals surface area contributed by atoms with Crippen LogP contribution in [0.3, 0.4) is 0 Å². The summed E-state index contributed by atoms with van der Waals surface area (Å²) in [4.78, 5) is 4.99. The molecule has 27 heavy (non-hydrogen) atoms. The van der Waals surface area contributed by atoms with Crippen LogP contribution >= 0.6 is 0 Å². The quantitative estimate of drug-likeness (QED) is 0.784. The normalized spacial score (nSPS) is 22.0. The van der Waals surface area contributed by atoms with Crippen LogP contribution in [0, 0.1) is 0 Å². The molecule has 0 saturated carbocycles. The average molecular weight is 367 g/mol. The Morgan fingerprint density at radius 3 is 2.30 bits per heavy atom. The maximum absolute atomic E-state index is 6.06. The summed E-state index contributed by atoms with van der Waals surface area (Å²) in [6, 6.07) is 19.8. The van der Waals surface area contributed by atoms with Gasteiger partial charge in [0.15, 0.2) is 0 Å². The molecule has 2 fully saturated rings. The van der Waals surface area contributed by atoms with Crippen LogP contribution in [0.5, 0.6) is 0 Å². The summed E-state index contributed by atoms with van der Waals surface area (Å²) in [7, 11) is 0. The second kappa shape index (κ2) is 9.47. The fourth-order valence-electron chi connectivity index (χ4n) is 3.90. The fourth-order valence-corrected chi connectivity index (χ4v) is 3.90. The molecule has 1 atom stereocenters. The molecule has 0 radical (unpaired) electrons. The van der Waals surface area contributed by atoms with E-state index in [1.165, 1.54) is 16.7 Å². The third-order valence-electron chi connectivity index (χ3n) is 5.57. The number of ether oxygens (including phenoxy) is 2. The Kier molecular flexibility index (Phi) is 6.53. The Balaban J connectivity index is 1.30. The molecule has 0 bridgehead atoms. The number of rotatable bonds is 6. The number of hydrogen-bond donors (Lipinski definition) is 0. The van der Waals surface area contributed by atoms with Gasteiger partial charge in [0.1, 0.15) is 0 Å². The Bertz CT molecular complexity index is 683. The lowest BCUT2D eigenvalue weighted by molar-refractivity contribution is -0.0329. The van der Waals surface area contributed by atoms with E-state index in [2.05, 4.69) is 64.4 Å². The lowest BCUT2D eigenvalue weighted by Gasteiger charge is -2.33. The molecule has 2 saturated heterocycles. The van der Waals surface area contributed by atoms with Gasteiger partial charge in [0.05, 0.1) is 25.9 Å². The SMILES string of the molecule is c1ccc(CN2CCOC(c3ccc(CCN4CCOCC4)cc3)C2)cc1. The first-order valence-electron chi connectivity index (χ1n) is 10.1. The van der Waals surface area contributed by atoms with Crippen molar-refractivity contribution >= 4 is 0 Å². The molecule has 0 aromatic heterocycles. The number of morpholine rings is 2. The molecule has 2 aromatic rings. The van der Waals surface area contributed by atoms with Gasteiger partial charge in [-0.2, -0.15) is 0 Å². The summed E-state index contributed by atoms with van der Waals surface area (Å²) in [5, 5.41) is 0. The van der Waals surface area contributed by atoms with Gasteiger partial charge in [0.25, 0.3) is 0 Å². The van der Waals surface area contributed by atoms with Crippen LogP contribution in [0.15, 0.2) is 54.6 Å². The first-order chi connectivity index (χ1) is 13.4. The Hall–Kier alpha value is -1.72. The highest BCUT2D eigenvalue weighted by Crippen LogP contribution is 2.24. The van der Waals surface area contributed by atoms with E-state index < -0.39 is 0 Å². The van der Waals surface area contributed by atoms with E-state index in [9.17, 15) is 0 Å². The summed E-state index contributed by atoms with van der Waals surface area (Å²) in [6.45, 7) is 8.75. The standard InChI is InChI=1S/C23H30N2O2/c1-2-4-21(5-3-1)18-25-14-17-27-23(19-25)22-8-6-20(7-9-22)10-11-24-12-15-26-16-13-24/h1-9,23H,10-19H2. The zero-order valence-electron chi connectivity index (χ0n) is 16.1. The van der Waals surface area contributed by atoms with Gasteiger partial charge in [0, 0.05) is 39.3 Å². The zero-order chi connectivity index (χ0) is 18.3. The van der Waals surface area contributed by atoms with Crippen molar-refractivity contribution in [1.82, 2.24) is 9.80 Å². The summed E-state index contributed by atoms with van der Waals surface area (Å²) < 4.78 is 11.5. The van der Waals surface area contributed by atoms with Crippen molar-refractivity contribution in [2.24, 2.45) is 0 Å². The lowest BCUT2D eigenvalue weighted by atomic mass is 10.0. The molecule has 0 spiro atoms. The second-order valence-corrected chi connectivity index (χ2v) is 7.53. The van der Waals surface area contributed by atoms with E-state index in [4.69, 9.17) is 9.47 Å². The molecule has 2 aliphatic heterocycles. The molecule has 2 aromatic carbocycles. The highest BCUT2D eigenvalue weighted by atomic mass is 16.5. The zero-order valence-corrected chi connectivity index (χ0v) is 16.1. The van der Waals surface area contributed by atoms with Crippen molar-refractivity contribution in [3.05, 3.63) is 71.3 Å². The molecule has 2 heterocycles. The van der Waals surface area contributed by atoms with Gasteiger partial charge in [-0.1, -0.05) is 54.6 Å². The molecular weight excluding hydrogens is 336 g/mol. The first-order valence-corrected chi connectivity index (χ1v) is 10.1. The van der Waals surface area contributed by atoms with Crippen molar-refractivity contribution in [3.8, 4) is 0 Å². The topological polar surface area (TPSA) is 24.9 Å². The smallest absolute Gasteiger partial charge is 0.0952 e. The molecule has 2 aliphatic rings. The summed E-state index contributed by atoms with van der Waals surface area (Å²) in [5.41, 5.74) is 4.07. The van der Waals surface area contributed by atoms with Gasteiger partial charge in [-0.05, 0) is 23.1 Å². The summed E-state index contributed by atoms with van der Waals surface area (Å²) in [5.74, 6) is 0. The molecule has 4 rings (SSSR count). The monoisotopic (exact) mass is 366 g/mol. The third-order valence-corrected chi connectivity index (χ3v) is 5.57. The van der Waals surface area contributed by atoms with Crippen LogP contribution in [0.2, 0.25) is 0 Å². The van der Waals surface area contributed by atoms with Crippen molar-refractivity contribution in [3.63, 3.8) is 0 Å². The average Bonchev–Trinajstić information content (AvgIpc) is 2.74. The lowest BCUT2D eigenvalue weighted by Crippen LogP contribution is -2.38. The highest BCUT2D eigenvalue weighted by molar-refractivity contribution is 5.25. The minimum atomic E-state index is 0.177. The largest absolute Gasteiger partial charge is 0.379 e. The van der Waals surface area contributed by atoms with E-state index >= 15 is 0 Å². The van der Waals surface area contributed by atoms with E-state index in [0.717, 1.165) is 65.5 Å². The molecule has 144 valence electrons. The van der Waals surface area contributed by atoms with Gasteiger partial charge in [-0.25, -0.2) is 0 Å². The molecule has 0 amide bonds. The van der Waals surface area contributed by atoms with Crippen LogP contribution < -0.4 is 0 Å². The van der Waals surface area contributed by atoms with Crippen molar-refractivity contribution in [2.45, 2.75) is 19.1 Å². The molecule has 4 nitrogen and oxygen atoms in total. The predicted octanol–water partition coefficient (Wildman–Crippen LogP) is 3.13. The first kappa shape index (κ1) is 18.6. The van der Waals surface area contributed by atoms with Gasteiger partial charge >= 0.3 is 0 Å².